The number of rotatable bonds is 12. The Kier molecular flexibility index (Phi) is 12.7. The number of hydrogen-bond donors (Lipinski definition) is 0. The highest BCUT2D eigenvalue weighted by atomic mass is 16.2. The molecule has 0 N–H and O–H groups in total. The molecule has 154 valence electrons. The van der Waals surface area contributed by atoms with Gasteiger partial charge in [-0.3, -0.25) is 4.79 Å². The van der Waals surface area contributed by atoms with Crippen molar-refractivity contribution in [3.63, 3.8) is 0 Å². The van der Waals surface area contributed by atoms with Crippen LogP contribution in [0.5, 0.6) is 0 Å². The summed E-state index contributed by atoms with van der Waals surface area (Å²) < 4.78 is 0. The molecule has 0 radical (unpaired) electrons. The van der Waals surface area contributed by atoms with Crippen molar-refractivity contribution in [2.45, 2.75) is 106 Å². The monoisotopic (exact) mass is 375 g/mol. The van der Waals surface area contributed by atoms with Crippen LogP contribution < -0.4 is 0 Å². The standard InChI is InChI=1S/C24H41NO2/c1-18(2)25(19(3)4)24(27)22(7)16-10-14-20(5)12-9-13-21(6)15-11-17-23(8)26/h12,15-16,18-19H,9-11,13-14,17H2,1-8H3/b20-12+,21-15+,22-16+. The molecule has 0 bridgehead atoms. The molecule has 0 unspecified atom stereocenters. The van der Waals surface area contributed by atoms with E-state index in [1.165, 1.54) is 11.1 Å². The quantitative estimate of drug-likeness (QED) is 0.292. The van der Waals surface area contributed by atoms with E-state index in [4.69, 9.17) is 0 Å². The first kappa shape index (κ1) is 25.4. The SMILES string of the molecule is CC(=O)CC/C=C(\C)CC/C=C(\C)CC/C=C(\C)C(=O)N(C(C)C)C(C)C. The summed E-state index contributed by atoms with van der Waals surface area (Å²) in [5.41, 5.74) is 3.56. The number of carbonyl (C=O) groups is 2. The second kappa shape index (κ2) is 13.5. The zero-order chi connectivity index (χ0) is 21.0. The molecule has 0 aromatic heterocycles. The Bertz CT molecular complexity index is 557. The van der Waals surface area contributed by atoms with Crippen LogP contribution in [0.2, 0.25) is 0 Å². The first-order valence-electron chi connectivity index (χ1n) is 10.4. The normalized spacial score (nSPS) is 13.5. The summed E-state index contributed by atoms with van der Waals surface area (Å²) in [6.07, 6.45) is 12.0. The molecule has 1 amide bonds. The molecule has 0 aliphatic heterocycles. The summed E-state index contributed by atoms with van der Waals surface area (Å²) in [4.78, 5) is 25.5. The molecule has 0 aliphatic rings. The topological polar surface area (TPSA) is 37.4 Å². The Labute approximate surface area is 167 Å². The molecule has 27 heavy (non-hydrogen) atoms. The van der Waals surface area contributed by atoms with Gasteiger partial charge in [0.2, 0.25) is 5.91 Å². The van der Waals surface area contributed by atoms with Crippen LogP contribution in [0.15, 0.2) is 34.9 Å². The van der Waals surface area contributed by atoms with Crippen LogP contribution in [-0.2, 0) is 9.59 Å². The maximum atomic E-state index is 12.6. The van der Waals surface area contributed by atoms with Crippen LogP contribution in [0, 0.1) is 0 Å². The maximum Gasteiger partial charge on any atom is 0.249 e. The van der Waals surface area contributed by atoms with Crippen molar-refractivity contribution in [2.75, 3.05) is 0 Å². The highest BCUT2D eigenvalue weighted by molar-refractivity contribution is 5.93. The molecule has 0 rings (SSSR count). The smallest absolute Gasteiger partial charge is 0.249 e. The minimum absolute atomic E-state index is 0.146. The number of allylic oxidation sites excluding steroid dienone is 5. The number of amides is 1. The summed E-state index contributed by atoms with van der Waals surface area (Å²) in [5.74, 6) is 0.398. The van der Waals surface area contributed by atoms with Gasteiger partial charge < -0.3 is 9.69 Å². The molecule has 0 aromatic carbocycles. The highest BCUT2D eigenvalue weighted by Gasteiger charge is 2.20. The molecule has 0 aliphatic carbocycles. The lowest BCUT2D eigenvalue weighted by Crippen LogP contribution is -2.42. The molecule has 0 spiro atoms. The van der Waals surface area contributed by atoms with E-state index >= 15 is 0 Å². The molecule has 0 atom stereocenters. The van der Waals surface area contributed by atoms with Gasteiger partial charge in [-0.05, 0) is 87.5 Å². The van der Waals surface area contributed by atoms with Crippen molar-refractivity contribution in [3.05, 3.63) is 34.9 Å². The van der Waals surface area contributed by atoms with Gasteiger partial charge in [-0.2, -0.15) is 0 Å². The number of carbonyl (C=O) groups excluding carboxylic acids is 2. The van der Waals surface area contributed by atoms with Gasteiger partial charge in [-0.15, -0.1) is 0 Å². The predicted octanol–water partition coefficient (Wildman–Crippen LogP) is 6.40. The van der Waals surface area contributed by atoms with Crippen molar-refractivity contribution in [3.8, 4) is 0 Å². The second-order valence-electron chi connectivity index (χ2n) is 8.21. The summed E-state index contributed by atoms with van der Waals surface area (Å²) in [5, 5.41) is 0. The van der Waals surface area contributed by atoms with Gasteiger partial charge in [0.05, 0.1) is 0 Å². The Hall–Kier alpha value is -1.64. The Morgan fingerprint density at radius 3 is 1.52 bits per heavy atom. The van der Waals surface area contributed by atoms with E-state index in [1.807, 2.05) is 11.8 Å². The lowest BCUT2D eigenvalue weighted by Gasteiger charge is -2.31. The van der Waals surface area contributed by atoms with Crippen LogP contribution in [0.25, 0.3) is 0 Å². The van der Waals surface area contributed by atoms with Crippen LogP contribution in [0.1, 0.15) is 93.9 Å². The second-order valence-corrected chi connectivity index (χ2v) is 8.21. The summed E-state index contributed by atoms with van der Waals surface area (Å²) in [7, 11) is 0. The number of ketones is 1. The molecule has 0 saturated heterocycles. The van der Waals surface area contributed by atoms with E-state index in [9.17, 15) is 9.59 Å². The number of nitrogens with zero attached hydrogens (tertiary/aromatic N) is 1. The Balaban J connectivity index is 4.42. The first-order chi connectivity index (χ1) is 12.6. The van der Waals surface area contributed by atoms with Crippen molar-refractivity contribution >= 4 is 11.7 Å². The summed E-state index contributed by atoms with van der Waals surface area (Å²) >= 11 is 0. The van der Waals surface area contributed by atoms with Crippen LogP contribution >= 0.6 is 0 Å². The van der Waals surface area contributed by atoms with Gasteiger partial charge >= 0.3 is 0 Å². The van der Waals surface area contributed by atoms with E-state index in [0.717, 1.165) is 37.7 Å². The van der Waals surface area contributed by atoms with Gasteiger partial charge in [-0.25, -0.2) is 0 Å². The van der Waals surface area contributed by atoms with Crippen molar-refractivity contribution in [1.29, 1.82) is 0 Å². The molecule has 3 heteroatoms. The lowest BCUT2D eigenvalue weighted by molar-refractivity contribution is -0.130. The number of Topliss-reactive ketones (excluding diaryl/α,β-unsaturated/α-hetero) is 1. The molecule has 0 aromatic rings. The molecule has 0 heterocycles. The highest BCUT2D eigenvalue weighted by Crippen LogP contribution is 2.14. The van der Waals surface area contributed by atoms with E-state index < -0.39 is 0 Å². The average molecular weight is 376 g/mol. The third kappa shape index (κ3) is 11.6. The molecule has 3 nitrogen and oxygen atoms in total. The van der Waals surface area contributed by atoms with E-state index in [1.54, 1.807) is 6.92 Å². The van der Waals surface area contributed by atoms with Crippen LogP contribution in [0.4, 0.5) is 0 Å². The lowest BCUT2D eigenvalue weighted by atomic mass is 10.0. The average Bonchev–Trinajstić information content (AvgIpc) is 2.53. The molecular weight excluding hydrogens is 334 g/mol. The van der Waals surface area contributed by atoms with E-state index in [2.05, 4.69) is 59.8 Å². The fourth-order valence-electron chi connectivity index (χ4n) is 3.14. The van der Waals surface area contributed by atoms with E-state index in [0.29, 0.717) is 6.42 Å². The number of hydrogen-bond acceptors (Lipinski definition) is 2. The zero-order valence-corrected chi connectivity index (χ0v) is 18.9. The Morgan fingerprint density at radius 2 is 1.11 bits per heavy atom. The molecule has 0 fully saturated rings. The van der Waals surface area contributed by atoms with Gasteiger partial charge in [-0.1, -0.05) is 29.4 Å². The van der Waals surface area contributed by atoms with Crippen molar-refractivity contribution in [2.24, 2.45) is 0 Å². The first-order valence-corrected chi connectivity index (χ1v) is 10.4. The minimum atomic E-state index is 0.146. The Morgan fingerprint density at radius 1 is 0.704 bits per heavy atom. The van der Waals surface area contributed by atoms with Gasteiger partial charge in [0.1, 0.15) is 5.78 Å². The van der Waals surface area contributed by atoms with E-state index in [-0.39, 0.29) is 23.8 Å². The van der Waals surface area contributed by atoms with Gasteiger partial charge in [0.15, 0.2) is 0 Å². The van der Waals surface area contributed by atoms with Gasteiger partial charge in [0.25, 0.3) is 0 Å². The summed E-state index contributed by atoms with van der Waals surface area (Å²) in [6.45, 7) is 16.1. The zero-order valence-electron chi connectivity index (χ0n) is 18.9. The summed E-state index contributed by atoms with van der Waals surface area (Å²) in [6, 6.07) is 0.434. The molecule has 0 saturated carbocycles. The largest absolute Gasteiger partial charge is 0.334 e. The molecular formula is C24H41NO2. The van der Waals surface area contributed by atoms with Crippen molar-refractivity contribution < 1.29 is 9.59 Å². The fourth-order valence-corrected chi connectivity index (χ4v) is 3.14. The fraction of sp³-hybridized carbons (Fsp3) is 0.667. The van der Waals surface area contributed by atoms with Crippen LogP contribution in [0.3, 0.4) is 0 Å². The predicted molar refractivity (Wildman–Crippen MR) is 117 cm³/mol. The van der Waals surface area contributed by atoms with Gasteiger partial charge in [0, 0.05) is 24.1 Å². The third-order valence-electron chi connectivity index (χ3n) is 4.69. The maximum absolute atomic E-state index is 12.6. The van der Waals surface area contributed by atoms with Crippen molar-refractivity contribution in [1.82, 2.24) is 4.90 Å². The third-order valence-corrected chi connectivity index (χ3v) is 4.69. The van der Waals surface area contributed by atoms with Crippen LogP contribution in [-0.4, -0.2) is 28.7 Å². The minimum Gasteiger partial charge on any atom is -0.334 e.